The van der Waals surface area contributed by atoms with Gasteiger partial charge in [-0.25, -0.2) is 13.2 Å². The van der Waals surface area contributed by atoms with Crippen molar-refractivity contribution in [3.8, 4) is 0 Å². The molecule has 3 nitrogen and oxygen atoms in total. The van der Waals surface area contributed by atoms with E-state index >= 15 is 0 Å². The third-order valence-corrected chi connectivity index (χ3v) is 2.98. The first kappa shape index (κ1) is 12.5. The van der Waals surface area contributed by atoms with Gasteiger partial charge in [-0.3, -0.25) is 5.10 Å². The predicted octanol–water partition coefficient (Wildman–Crippen LogP) is 3.59. The number of nitrogens with one attached hydrogen (secondary N) is 2. The van der Waals surface area contributed by atoms with Crippen LogP contribution in [0.2, 0.25) is 0 Å². The number of rotatable bonds is 3. The molecule has 1 aromatic heterocycles. The number of nitrogens with zero attached hydrogens (tertiary/aromatic N) is 1. The molecule has 0 radical (unpaired) electrons. The van der Waals surface area contributed by atoms with Crippen LogP contribution in [0.15, 0.2) is 36.5 Å². The summed E-state index contributed by atoms with van der Waals surface area (Å²) in [6.45, 7) is 0.188. The highest BCUT2D eigenvalue weighted by atomic mass is 19.2. The second-order valence-electron chi connectivity index (χ2n) is 4.40. The molecule has 3 rings (SSSR count). The van der Waals surface area contributed by atoms with Gasteiger partial charge in [0.15, 0.2) is 17.5 Å². The molecule has 20 heavy (non-hydrogen) atoms. The van der Waals surface area contributed by atoms with Gasteiger partial charge in [0.1, 0.15) is 0 Å². The topological polar surface area (TPSA) is 40.7 Å². The van der Waals surface area contributed by atoms with Crippen LogP contribution >= 0.6 is 0 Å². The van der Waals surface area contributed by atoms with Gasteiger partial charge in [0, 0.05) is 17.6 Å². The highest BCUT2D eigenvalue weighted by molar-refractivity contribution is 5.81. The molecule has 6 heteroatoms. The Labute approximate surface area is 112 Å². The van der Waals surface area contributed by atoms with Gasteiger partial charge in [0.05, 0.1) is 11.7 Å². The Kier molecular flexibility index (Phi) is 3.06. The smallest absolute Gasteiger partial charge is 0.194 e. The van der Waals surface area contributed by atoms with Crippen molar-refractivity contribution >= 4 is 16.6 Å². The zero-order chi connectivity index (χ0) is 14.1. The Hall–Kier alpha value is -2.50. The Morgan fingerprint density at radius 2 is 1.80 bits per heavy atom. The molecule has 0 aliphatic carbocycles. The second kappa shape index (κ2) is 4.88. The summed E-state index contributed by atoms with van der Waals surface area (Å²) in [6.07, 6.45) is 1.70. The molecule has 0 aliphatic rings. The Morgan fingerprint density at radius 1 is 1.05 bits per heavy atom. The van der Waals surface area contributed by atoms with Crippen LogP contribution in [0.25, 0.3) is 10.9 Å². The van der Waals surface area contributed by atoms with Crippen LogP contribution < -0.4 is 5.32 Å². The van der Waals surface area contributed by atoms with Crippen molar-refractivity contribution < 1.29 is 13.2 Å². The molecule has 0 atom stereocenters. The van der Waals surface area contributed by atoms with Gasteiger partial charge >= 0.3 is 0 Å². The molecule has 2 aromatic carbocycles. The van der Waals surface area contributed by atoms with Gasteiger partial charge in [-0.2, -0.15) is 5.10 Å². The van der Waals surface area contributed by atoms with Crippen LogP contribution in [-0.4, -0.2) is 10.2 Å². The molecule has 0 fully saturated rings. The highest BCUT2D eigenvalue weighted by Crippen LogP contribution is 2.18. The molecule has 0 amide bonds. The molecule has 0 saturated carbocycles. The molecular formula is C14H10F3N3. The van der Waals surface area contributed by atoms with Gasteiger partial charge < -0.3 is 5.32 Å². The lowest BCUT2D eigenvalue weighted by Crippen LogP contribution is -2.02. The molecule has 0 unspecified atom stereocenters. The SMILES string of the molecule is Fc1cc(CNc2ccc3cn[nH]c3c2)cc(F)c1F. The number of benzene rings is 2. The van der Waals surface area contributed by atoms with Gasteiger partial charge in [-0.15, -0.1) is 0 Å². The lowest BCUT2D eigenvalue weighted by molar-refractivity contribution is 0.445. The number of aromatic nitrogens is 2. The fourth-order valence-electron chi connectivity index (χ4n) is 1.96. The summed E-state index contributed by atoms with van der Waals surface area (Å²) in [5.41, 5.74) is 1.95. The van der Waals surface area contributed by atoms with Gasteiger partial charge in [-0.05, 0) is 35.9 Å². The van der Waals surface area contributed by atoms with E-state index in [0.717, 1.165) is 28.7 Å². The molecule has 0 spiro atoms. The van der Waals surface area contributed by atoms with Crippen molar-refractivity contribution in [2.75, 3.05) is 5.32 Å². The minimum Gasteiger partial charge on any atom is -0.381 e. The maximum Gasteiger partial charge on any atom is 0.194 e. The zero-order valence-electron chi connectivity index (χ0n) is 10.3. The highest BCUT2D eigenvalue weighted by Gasteiger charge is 2.10. The van der Waals surface area contributed by atoms with Crippen molar-refractivity contribution in [3.63, 3.8) is 0 Å². The number of aromatic amines is 1. The summed E-state index contributed by atoms with van der Waals surface area (Å²) in [5, 5.41) is 10.7. The lowest BCUT2D eigenvalue weighted by atomic mass is 10.2. The third-order valence-electron chi connectivity index (χ3n) is 2.98. The third kappa shape index (κ3) is 2.32. The zero-order valence-corrected chi connectivity index (χ0v) is 10.3. The second-order valence-corrected chi connectivity index (χ2v) is 4.40. The molecular weight excluding hydrogens is 267 g/mol. The quantitative estimate of drug-likeness (QED) is 0.718. The van der Waals surface area contributed by atoms with E-state index in [9.17, 15) is 13.2 Å². The number of anilines is 1. The van der Waals surface area contributed by atoms with E-state index in [1.807, 2.05) is 18.2 Å². The first-order chi connectivity index (χ1) is 9.63. The molecule has 0 saturated heterocycles. The maximum atomic E-state index is 13.1. The minimum atomic E-state index is -1.45. The van der Waals surface area contributed by atoms with Gasteiger partial charge in [0.2, 0.25) is 0 Å². The van der Waals surface area contributed by atoms with E-state index in [-0.39, 0.29) is 6.54 Å². The van der Waals surface area contributed by atoms with Gasteiger partial charge in [-0.1, -0.05) is 0 Å². The van der Waals surface area contributed by atoms with E-state index in [1.54, 1.807) is 6.20 Å². The van der Waals surface area contributed by atoms with E-state index in [1.165, 1.54) is 0 Å². The van der Waals surface area contributed by atoms with E-state index in [4.69, 9.17) is 0 Å². The number of hydrogen-bond acceptors (Lipinski definition) is 2. The van der Waals surface area contributed by atoms with Crippen molar-refractivity contribution in [1.29, 1.82) is 0 Å². The molecule has 0 bridgehead atoms. The van der Waals surface area contributed by atoms with E-state index < -0.39 is 17.5 Å². The van der Waals surface area contributed by atoms with Crippen LogP contribution in [-0.2, 0) is 6.54 Å². The standard InChI is InChI=1S/C14H10F3N3/c15-11-3-8(4-12(16)14(11)17)6-18-10-2-1-9-7-19-20-13(9)5-10/h1-5,7,18H,6H2,(H,19,20). The van der Waals surface area contributed by atoms with Crippen molar-refractivity contribution in [1.82, 2.24) is 10.2 Å². The number of hydrogen-bond donors (Lipinski definition) is 2. The minimum absolute atomic E-state index is 0.188. The summed E-state index contributed by atoms with van der Waals surface area (Å²) in [6, 6.07) is 7.47. The normalized spacial score (nSPS) is 10.9. The first-order valence-electron chi connectivity index (χ1n) is 5.94. The monoisotopic (exact) mass is 277 g/mol. The first-order valence-corrected chi connectivity index (χ1v) is 5.94. The fraction of sp³-hybridized carbons (Fsp3) is 0.0714. The number of fused-ring (bicyclic) bond motifs is 1. The van der Waals surface area contributed by atoms with Crippen LogP contribution in [0.5, 0.6) is 0 Å². The van der Waals surface area contributed by atoms with Crippen molar-refractivity contribution in [3.05, 3.63) is 59.5 Å². The number of H-pyrrole nitrogens is 1. The van der Waals surface area contributed by atoms with E-state index in [0.29, 0.717) is 5.56 Å². The Bertz CT molecular complexity index is 744. The predicted molar refractivity (Wildman–Crippen MR) is 69.7 cm³/mol. The molecule has 0 aliphatic heterocycles. The maximum absolute atomic E-state index is 13.1. The largest absolute Gasteiger partial charge is 0.381 e. The summed E-state index contributed by atoms with van der Waals surface area (Å²) in [5.74, 6) is -3.83. The average molecular weight is 277 g/mol. The number of halogens is 3. The summed E-state index contributed by atoms with van der Waals surface area (Å²) >= 11 is 0. The van der Waals surface area contributed by atoms with Crippen LogP contribution in [0.4, 0.5) is 18.9 Å². The van der Waals surface area contributed by atoms with Crippen LogP contribution in [0.1, 0.15) is 5.56 Å². The summed E-state index contributed by atoms with van der Waals surface area (Å²) in [7, 11) is 0. The van der Waals surface area contributed by atoms with E-state index in [2.05, 4.69) is 15.5 Å². The average Bonchev–Trinajstić information content (AvgIpc) is 2.89. The van der Waals surface area contributed by atoms with Crippen molar-refractivity contribution in [2.45, 2.75) is 6.54 Å². The molecule has 1 heterocycles. The Balaban J connectivity index is 1.78. The fourth-order valence-corrected chi connectivity index (χ4v) is 1.96. The molecule has 2 N–H and O–H groups in total. The summed E-state index contributed by atoms with van der Waals surface area (Å²) in [4.78, 5) is 0. The lowest BCUT2D eigenvalue weighted by Gasteiger charge is -2.07. The van der Waals surface area contributed by atoms with Crippen molar-refractivity contribution in [2.24, 2.45) is 0 Å². The summed E-state index contributed by atoms with van der Waals surface area (Å²) < 4.78 is 39.0. The van der Waals surface area contributed by atoms with Crippen LogP contribution in [0.3, 0.4) is 0 Å². The van der Waals surface area contributed by atoms with Crippen LogP contribution in [0, 0.1) is 17.5 Å². The Morgan fingerprint density at radius 3 is 2.55 bits per heavy atom. The van der Waals surface area contributed by atoms with Gasteiger partial charge in [0.25, 0.3) is 0 Å². The molecule has 102 valence electrons. The molecule has 3 aromatic rings.